The second kappa shape index (κ2) is 7.80. The number of nitrogens with one attached hydrogen (secondary N) is 1. The van der Waals surface area contributed by atoms with Crippen LogP contribution in [0, 0.1) is 5.41 Å². The highest BCUT2D eigenvalue weighted by Gasteiger charge is 2.20. The minimum atomic E-state index is -0.272. The zero-order chi connectivity index (χ0) is 11.8. The van der Waals surface area contributed by atoms with Crippen molar-refractivity contribution in [1.82, 2.24) is 10.2 Å². The number of amides is 1. The third kappa shape index (κ3) is 9.52. The summed E-state index contributed by atoms with van der Waals surface area (Å²) in [6, 6.07) is 0. The molecule has 0 aromatic carbocycles. The van der Waals surface area contributed by atoms with Crippen molar-refractivity contribution in [2.75, 3.05) is 27.2 Å². The predicted octanol–water partition coefficient (Wildman–Crippen LogP) is 1.74. The largest absolute Gasteiger partial charge is 0.354 e. The Hall–Kier alpha value is -0.570. The van der Waals surface area contributed by atoms with Crippen LogP contribution in [0.25, 0.3) is 0 Å². The molecule has 0 aliphatic rings. The second-order valence-electron chi connectivity index (χ2n) is 4.31. The van der Waals surface area contributed by atoms with Gasteiger partial charge in [0.05, 0.1) is 0 Å². The maximum absolute atomic E-state index is 11.3. The van der Waals surface area contributed by atoms with Crippen LogP contribution in [0.15, 0.2) is 0 Å². The molecule has 3 heteroatoms. The first kappa shape index (κ1) is 15.9. The number of likely N-dealkylation sites (N-methyl/N-ethyl adjacent to an activating group) is 1. The van der Waals surface area contributed by atoms with Gasteiger partial charge >= 0.3 is 0 Å². The van der Waals surface area contributed by atoms with Gasteiger partial charge in [0.2, 0.25) is 5.91 Å². The molecule has 0 rings (SSSR count). The Kier molecular flexibility index (Phi) is 8.85. The third-order valence-corrected chi connectivity index (χ3v) is 1.53. The molecular formula is C11H26N2O. The number of carbonyl (C=O) groups is 1. The minimum absolute atomic E-state index is 0.115. The number of carbonyl (C=O) groups excluding carboxylic acids is 1. The van der Waals surface area contributed by atoms with E-state index in [9.17, 15) is 4.79 Å². The number of hydrogen-bond acceptors (Lipinski definition) is 2. The molecule has 1 N–H and O–H groups in total. The molecule has 3 nitrogen and oxygen atoms in total. The van der Waals surface area contributed by atoms with Gasteiger partial charge in [-0.15, -0.1) is 0 Å². The van der Waals surface area contributed by atoms with Crippen molar-refractivity contribution in [2.24, 2.45) is 5.41 Å². The highest BCUT2D eigenvalue weighted by molar-refractivity contribution is 5.81. The molecule has 0 aromatic heterocycles. The van der Waals surface area contributed by atoms with Crippen LogP contribution in [0.4, 0.5) is 0 Å². The topological polar surface area (TPSA) is 32.3 Å². The molecule has 0 unspecified atom stereocenters. The van der Waals surface area contributed by atoms with Crippen molar-refractivity contribution in [2.45, 2.75) is 34.6 Å². The van der Waals surface area contributed by atoms with Gasteiger partial charge in [0, 0.05) is 18.5 Å². The van der Waals surface area contributed by atoms with Gasteiger partial charge in [-0.25, -0.2) is 0 Å². The van der Waals surface area contributed by atoms with Gasteiger partial charge in [0.25, 0.3) is 0 Å². The predicted molar refractivity (Wildman–Crippen MR) is 62.4 cm³/mol. The van der Waals surface area contributed by atoms with Gasteiger partial charge in [-0.3, -0.25) is 4.79 Å². The second-order valence-corrected chi connectivity index (χ2v) is 4.31. The Balaban J connectivity index is 0. The van der Waals surface area contributed by atoms with Crippen LogP contribution in [0.5, 0.6) is 0 Å². The lowest BCUT2D eigenvalue weighted by molar-refractivity contribution is -0.128. The summed E-state index contributed by atoms with van der Waals surface area (Å²) in [6.45, 7) is 11.4. The molecule has 0 bridgehead atoms. The lowest BCUT2D eigenvalue weighted by atomic mass is 9.96. The molecule has 0 fully saturated rings. The molecule has 0 aromatic rings. The number of rotatable bonds is 3. The average Bonchev–Trinajstić information content (AvgIpc) is 2.05. The fraction of sp³-hybridized carbons (Fsp3) is 0.909. The van der Waals surface area contributed by atoms with Crippen LogP contribution in [-0.2, 0) is 4.79 Å². The zero-order valence-corrected chi connectivity index (χ0v) is 10.8. The van der Waals surface area contributed by atoms with Crippen LogP contribution in [0.2, 0.25) is 0 Å². The van der Waals surface area contributed by atoms with Gasteiger partial charge in [0.1, 0.15) is 0 Å². The third-order valence-electron chi connectivity index (χ3n) is 1.53. The Morgan fingerprint density at radius 2 is 1.64 bits per heavy atom. The standard InChI is InChI=1S/C9H20N2O.C2H6/c1-9(2,3)8(12)10-6-7-11(4)5;1-2/h6-7H2,1-5H3,(H,10,12);1-2H3. The normalized spacial score (nSPS) is 10.6. The Morgan fingerprint density at radius 1 is 1.21 bits per heavy atom. The van der Waals surface area contributed by atoms with E-state index in [2.05, 4.69) is 5.32 Å². The molecule has 0 aliphatic heterocycles. The van der Waals surface area contributed by atoms with Gasteiger partial charge in [-0.05, 0) is 14.1 Å². The van der Waals surface area contributed by atoms with E-state index in [0.29, 0.717) is 0 Å². The maximum atomic E-state index is 11.3. The molecule has 14 heavy (non-hydrogen) atoms. The van der Waals surface area contributed by atoms with E-state index >= 15 is 0 Å². The first-order chi connectivity index (χ1) is 6.34. The van der Waals surface area contributed by atoms with Crippen molar-refractivity contribution < 1.29 is 4.79 Å². The van der Waals surface area contributed by atoms with Crippen LogP contribution in [0.1, 0.15) is 34.6 Å². The van der Waals surface area contributed by atoms with Crippen LogP contribution in [0.3, 0.4) is 0 Å². The maximum Gasteiger partial charge on any atom is 0.225 e. The molecule has 0 aliphatic carbocycles. The highest BCUT2D eigenvalue weighted by atomic mass is 16.2. The quantitative estimate of drug-likeness (QED) is 0.756. The Labute approximate surface area is 88.9 Å². The summed E-state index contributed by atoms with van der Waals surface area (Å²) in [5, 5.41) is 2.87. The van der Waals surface area contributed by atoms with Crippen molar-refractivity contribution in [3.05, 3.63) is 0 Å². The van der Waals surface area contributed by atoms with Gasteiger partial charge in [-0.1, -0.05) is 34.6 Å². The van der Waals surface area contributed by atoms with Crippen molar-refractivity contribution in [3.8, 4) is 0 Å². The fourth-order valence-electron chi connectivity index (χ4n) is 0.658. The summed E-state index contributed by atoms with van der Waals surface area (Å²) < 4.78 is 0. The van der Waals surface area contributed by atoms with E-state index in [4.69, 9.17) is 0 Å². The van der Waals surface area contributed by atoms with Crippen molar-refractivity contribution in [1.29, 1.82) is 0 Å². The monoisotopic (exact) mass is 202 g/mol. The van der Waals surface area contributed by atoms with E-state index in [1.807, 2.05) is 53.6 Å². The van der Waals surface area contributed by atoms with E-state index in [-0.39, 0.29) is 11.3 Å². The van der Waals surface area contributed by atoms with E-state index in [1.54, 1.807) is 0 Å². The molecule has 0 spiro atoms. The smallest absolute Gasteiger partial charge is 0.225 e. The lowest BCUT2D eigenvalue weighted by Gasteiger charge is -2.18. The average molecular weight is 202 g/mol. The Morgan fingerprint density at radius 3 is 1.93 bits per heavy atom. The first-order valence-corrected chi connectivity index (χ1v) is 5.27. The molecule has 0 saturated heterocycles. The van der Waals surface area contributed by atoms with Crippen LogP contribution in [-0.4, -0.2) is 38.0 Å². The molecule has 0 heterocycles. The number of hydrogen-bond donors (Lipinski definition) is 1. The highest BCUT2D eigenvalue weighted by Crippen LogP contribution is 2.11. The summed E-state index contributed by atoms with van der Waals surface area (Å²) in [6.07, 6.45) is 0. The summed E-state index contributed by atoms with van der Waals surface area (Å²) in [5.74, 6) is 0.115. The van der Waals surface area contributed by atoms with Gasteiger partial charge in [0.15, 0.2) is 0 Å². The molecule has 0 atom stereocenters. The summed E-state index contributed by atoms with van der Waals surface area (Å²) >= 11 is 0. The lowest BCUT2D eigenvalue weighted by Crippen LogP contribution is -2.38. The van der Waals surface area contributed by atoms with Crippen LogP contribution >= 0.6 is 0 Å². The summed E-state index contributed by atoms with van der Waals surface area (Å²) in [7, 11) is 3.98. The van der Waals surface area contributed by atoms with Crippen LogP contribution < -0.4 is 5.32 Å². The summed E-state index contributed by atoms with van der Waals surface area (Å²) in [5.41, 5.74) is -0.272. The number of nitrogens with zero attached hydrogens (tertiary/aromatic N) is 1. The zero-order valence-electron chi connectivity index (χ0n) is 10.8. The van der Waals surface area contributed by atoms with Crippen molar-refractivity contribution in [3.63, 3.8) is 0 Å². The SMILES string of the molecule is CC.CN(C)CCNC(=O)C(C)(C)C. The van der Waals surface area contributed by atoms with E-state index < -0.39 is 0 Å². The van der Waals surface area contributed by atoms with E-state index in [0.717, 1.165) is 13.1 Å². The summed E-state index contributed by atoms with van der Waals surface area (Å²) in [4.78, 5) is 13.4. The minimum Gasteiger partial charge on any atom is -0.354 e. The Bertz CT molecular complexity index is 148. The van der Waals surface area contributed by atoms with Gasteiger partial charge in [-0.2, -0.15) is 0 Å². The first-order valence-electron chi connectivity index (χ1n) is 5.27. The molecular weight excluding hydrogens is 176 g/mol. The molecule has 0 saturated carbocycles. The fourth-order valence-corrected chi connectivity index (χ4v) is 0.658. The molecule has 1 amide bonds. The van der Waals surface area contributed by atoms with Crippen molar-refractivity contribution >= 4 is 5.91 Å². The molecule has 0 radical (unpaired) electrons. The van der Waals surface area contributed by atoms with Gasteiger partial charge < -0.3 is 10.2 Å². The van der Waals surface area contributed by atoms with E-state index in [1.165, 1.54) is 0 Å². The molecule has 86 valence electrons.